The summed E-state index contributed by atoms with van der Waals surface area (Å²) in [4.78, 5) is 2.62. The molecule has 0 aromatic rings. The molecule has 3 nitrogen and oxygen atoms in total. The molecule has 2 saturated heterocycles. The van der Waals surface area contributed by atoms with E-state index in [1.54, 1.807) is 0 Å². The second-order valence-electron chi connectivity index (χ2n) is 7.40. The number of likely N-dealkylation sites (tertiary alicyclic amines) is 1. The number of ether oxygens (including phenoxy) is 1. The maximum Gasteiger partial charge on any atom is 0.0710 e. The van der Waals surface area contributed by atoms with Gasteiger partial charge in [0.1, 0.15) is 0 Å². The van der Waals surface area contributed by atoms with Crippen molar-refractivity contribution in [3.05, 3.63) is 0 Å². The van der Waals surface area contributed by atoms with Gasteiger partial charge in [-0.05, 0) is 44.6 Å². The number of rotatable bonds is 3. The summed E-state index contributed by atoms with van der Waals surface area (Å²) < 4.78 is 6.52. The van der Waals surface area contributed by atoms with Crippen LogP contribution in [0.5, 0.6) is 0 Å². The van der Waals surface area contributed by atoms with E-state index in [0.717, 1.165) is 13.0 Å². The summed E-state index contributed by atoms with van der Waals surface area (Å²) in [6, 6.07) is 0.422. The van der Waals surface area contributed by atoms with Crippen LogP contribution in [0.4, 0.5) is 0 Å². The molecule has 3 aliphatic rings. The molecule has 3 heteroatoms. The summed E-state index contributed by atoms with van der Waals surface area (Å²) in [5.74, 6) is 0.689. The summed E-state index contributed by atoms with van der Waals surface area (Å²) in [5, 5.41) is 0. The molecule has 2 heterocycles. The molecule has 3 atom stereocenters. The third-order valence-electron chi connectivity index (χ3n) is 5.97. The molecule has 0 amide bonds. The third-order valence-corrected chi connectivity index (χ3v) is 5.97. The topological polar surface area (TPSA) is 38.5 Å². The third kappa shape index (κ3) is 3.20. The van der Waals surface area contributed by atoms with Crippen molar-refractivity contribution in [1.29, 1.82) is 0 Å². The fraction of sp³-hybridized carbons (Fsp3) is 1.00. The SMILES string of the molecule is CCC1CN(CC2CCC3(CCCCC3)O2)CCC1N. The molecule has 3 rings (SSSR count). The van der Waals surface area contributed by atoms with E-state index >= 15 is 0 Å². The molecule has 1 saturated carbocycles. The molecule has 116 valence electrons. The van der Waals surface area contributed by atoms with Crippen LogP contribution in [-0.2, 0) is 4.74 Å². The van der Waals surface area contributed by atoms with Gasteiger partial charge in [-0.2, -0.15) is 0 Å². The molecule has 0 aromatic carbocycles. The molecular formula is C17H32N2O. The highest BCUT2D eigenvalue weighted by Gasteiger charge is 2.41. The van der Waals surface area contributed by atoms with Gasteiger partial charge in [0, 0.05) is 19.1 Å². The van der Waals surface area contributed by atoms with Gasteiger partial charge in [0.25, 0.3) is 0 Å². The van der Waals surface area contributed by atoms with Gasteiger partial charge < -0.3 is 15.4 Å². The van der Waals surface area contributed by atoms with Crippen LogP contribution in [0.2, 0.25) is 0 Å². The van der Waals surface area contributed by atoms with Crippen LogP contribution < -0.4 is 5.73 Å². The molecule has 2 N–H and O–H groups in total. The van der Waals surface area contributed by atoms with Crippen LogP contribution in [0.25, 0.3) is 0 Å². The lowest BCUT2D eigenvalue weighted by Crippen LogP contribution is -2.49. The highest BCUT2D eigenvalue weighted by Crippen LogP contribution is 2.42. The van der Waals surface area contributed by atoms with Crippen LogP contribution in [-0.4, -0.2) is 42.3 Å². The molecule has 1 spiro atoms. The quantitative estimate of drug-likeness (QED) is 0.864. The lowest BCUT2D eigenvalue weighted by Gasteiger charge is -2.38. The first-order chi connectivity index (χ1) is 9.71. The zero-order chi connectivity index (χ0) is 14.0. The second kappa shape index (κ2) is 6.33. The van der Waals surface area contributed by atoms with Crippen molar-refractivity contribution in [2.75, 3.05) is 19.6 Å². The van der Waals surface area contributed by atoms with Crippen molar-refractivity contribution in [1.82, 2.24) is 4.90 Å². The summed E-state index contributed by atoms with van der Waals surface area (Å²) >= 11 is 0. The Hall–Kier alpha value is -0.120. The number of hydrogen-bond donors (Lipinski definition) is 1. The summed E-state index contributed by atoms with van der Waals surface area (Å²) in [7, 11) is 0. The molecule has 0 radical (unpaired) electrons. The van der Waals surface area contributed by atoms with Crippen molar-refractivity contribution >= 4 is 0 Å². The van der Waals surface area contributed by atoms with E-state index in [9.17, 15) is 0 Å². The van der Waals surface area contributed by atoms with Crippen molar-refractivity contribution in [2.45, 2.75) is 82.5 Å². The van der Waals surface area contributed by atoms with E-state index in [0.29, 0.717) is 18.1 Å². The van der Waals surface area contributed by atoms with Gasteiger partial charge in [-0.3, -0.25) is 0 Å². The summed E-state index contributed by atoms with van der Waals surface area (Å²) in [6.07, 6.45) is 12.2. The Morgan fingerprint density at radius 2 is 1.95 bits per heavy atom. The molecule has 3 fully saturated rings. The monoisotopic (exact) mass is 280 g/mol. The van der Waals surface area contributed by atoms with E-state index in [1.165, 1.54) is 64.5 Å². The zero-order valence-corrected chi connectivity index (χ0v) is 13.2. The van der Waals surface area contributed by atoms with Crippen molar-refractivity contribution in [3.63, 3.8) is 0 Å². The number of piperidine rings is 1. The largest absolute Gasteiger partial charge is 0.370 e. The van der Waals surface area contributed by atoms with Gasteiger partial charge in [0.2, 0.25) is 0 Å². The first kappa shape index (κ1) is 14.8. The second-order valence-corrected chi connectivity index (χ2v) is 7.40. The highest BCUT2D eigenvalue weighted by atomic mass is 16.5. The predicted molar refractivity (Wildman–Crippen MR) is 82.7 cm³/mol. The van der Waals surface area contributed by atoms with E-state index in [-0.39, 0.29) is 5.60 Å². The Morgan fingerprint density at radius 1 is 1.15 bits per heavy atom. The van der Waals surface area contributed by atoms with Gasteiger partial charge in [-0.25, -0.2) is 0 Å². The van der Waals surface area contributed by atoms with Crippen LogP contribution in [0.1, 0.15) is 64.7 Å². The lowest BCUT2D eigenvalue weighted by molar-refractivity contribution is -0.0746. The Labute approximate surface area is 124 Å². The van der Waals surface area contributed by atoms with Crippen LogP contribution in [0, 0.1) is 5.92 Å². The van der Waals surface area contributed by atoms with E-state index in [1.807, 2.05) is 0 Å². The summed E-state index contributed by atoms with van der Waals surface area (Å²) in [6.45, 7) is 5.77. The Balaban J connectivity index is 1.49. The standard InChI is InChI=1S/C17H32N2O/c1-2-14-12-19(11-7-16(14)18)13-15-6-10-17(20-15)8-4-3-5-9-17/h14-16H,2-13,18H2,1H3. The van der Waals surface area contributed by atoms with Crippen LogP contribution >= 0.6 is 0 Å². The summed E-state index contributed by atoms with van der Waals surface area (Å²) in [5.41, 5.74) is 6.49. The first-order valence-electron chi connectivity index (χ1n) is 8.86. The van der Waals surface area contributed by atoms with Gasteiger partial charge >= 0.3 is 0 Å². The maximum absolute atomic E-state index is 6.52. The normalized spacial score (nSPS) is 38.4. The fourth-order valence-corrected chi connectivity index (χ4v) is 4.60. The van der Waals surface area contributed by atoms with Crippen molar-refractivity contribution in [3.8, 4) is 0 Å². The molecule has 1 aliphatic carbocycles. The minimum absolute atomic E-state index is 0.277. The number of nitrogens with zero attached hydrogens (tertiary/aromatic N) is 1. The average molecular weight is 280 g/mol. The minimum Gasteiger partial charge on any atom is -0.370 e. The van der Waals surface area contributed by atoms with E-state index < -0.39 is 0 Å². The Bertz CT molecular complexity index is 314. The van der Waals surface area contributed by atoms with Crippen molar-refractivity contribution in [2.24, 2.45) is 11.7 Å². The number of hydrogen-bond acceptors (Lipinski definition) is 3. The predicted octanol–water partition coefficient (Wildman–Crippen LogP) is 2.93. The van der Waals surface area contributed by atoms with Gasteiger partial charge in [-0.15, -0.1) is 0 Å². The maximum atomic E-state index is 6.52. The zero-order valence-electron chi connectivity index (χ0n) is 13.2. The molecule has 0 aromatic heterocycles. The van der Waals surface area contributed by atoms with Crippen LogP contribution in [0.3, 0.4) is 0 Å². The minimum atomic E-state index is 0.277. The van der Waals surface area contributed by atoms with Gasteiger partial charge in [0.05, 0.1) is 11.7 Å². The lowest BCUT2D eigenvalue weighted by atomic mass is 9.83. The van der Waals surface area contributed by atoms with E-state index in [4.69, 9.17) is 10.5 Å². The molecule has 20 heavy (non-hydrogen) atoms. The highest BCUT2D eigenvalue weighted by molar-refractivity contribution is 4.93. The Morgan fingerprint density at radius 3 is 2.70 bits per heavy atom. The smallest absolute Gasteiger partial charge is 0.0710 e. The van der Waals surface area contributed by atoms with Crippen molar-refractivity contribution < 1.29 is 4.74 Å². The fourth-order valence-electron chi connectivity index (χ4n) is 4.60. The average Bonchev–Trinajstić information content (AvgIpc) is 2.84. The van der Waals surface area contributed by atoms with E-state index in [2.05, 4.69) is 11.8 Å². The molecule has 2 aliphatic heterocycles. The number of nitrogens with two attached hydrogens (primary N) is 1. The Kier molecular flexibility index (Phi) is 4.68. The first-order valence-corrected chi connectivity index (χ1v) is 8.86. The van der Waals surface area contributed by atoms with Crippen LogP contribution in [0.15, 0.2) is 0 Å². The molecule has 3 unspecified atom stereocenters. The van der Waals surface area contributed by atoms with Gasteiger partial charge in [0.15, 0.2) is 0 Å². The molecule has 0 bridgehead atoms. The molecular weight excluding hydrogens is 248 g/mol. The van der Waals surface area contributed by atoms with Gasteiger partial charge in [-0.1, -0.05) is 32.6 Å².